The monoisotopic (exact) mass is 197 g/mol. The Bertz CT molecular complexity index is 341. The predicted molar refractivity (Wildman–Crippen MR) is 49.7 cm³/mol. The van der Waals surface area contributed by atoms with Crippen LogP contribution in [0.2, 0.25) is 0 Å². The summed E-state index contributed by atoms with van der Waals surface area (Å²) >= 11 is 0. The molecule has 14 heavy (non-hydrogen) atoms. The van der Waals surface area contributed by atoms with Gasteiger partial charge in [-0.15, -0.1) is 10.2 Å². The lowest BCUT2D eigenvalue weighted by atomic mass is 10.3. The van der Waals surface area contributed by atoms with Gasteiger partial charge in [0.1, 0.15) is 5.56 Å². The Kier molecular flexibility index (Phi) is 3.22. The third-order valence-corrected chi connectivity index (χ3v) is 1.56. The number of hydrogen-bond donors (Lipinski definition) is 2. The molecule has 1 aromatic heterocycles. The van der Waals surface area contributed by atoms with Crippen molar-refractivity contribution in [1.29, 1.82) is 0 Å². The van der Waals surface area contributed by atoms with Gasteiger partial charge < -0.3 is 15.2 Å². The van der Waals surface area contributed by atoms with E-state index in [1.165, 1.54) is 13.2 Å². The third kappa shape index (κ3) is 2.09. The molecule has 0 atom stereocenters. The maximum Gasteiger partial charge on any atom is 0.339 e. The second kappa shape index (κ2) is 4.40. The van der Waals surface area contributed by atoms with E-state index in [4.69, 9.17) is 9.84 Å². The van der Waals surface area contributed by atoms with Crippen molar-refractivity contribution in [3.63, 3.8) is 0 Å². The average molecular weight is 197 g/mol. The summed E-state index contributed by atoms with van der Waals surface area (Å²) in [5.74, 6) is -0.626. The van der Waals surface area contributed by atoms with Gasteiger partial charge in [-0.05, 0) is 6.92 Å². The number of carboxylic acids is 1. The molecule has 0 fully saturated rings. The van der Waals surface area contributed by atoms with Crippen molar-refractivity contribution in [1.82, 2.24) is 10.2 Å². The Hall–Kier alpha value is -1.85. The first kappa shape index (κ1) is 10.2. The number of carbonyl (C=O) groups is 1. The zero-order chi connectivity index (χ0) is 10.6. The Balaban J connectivity index is 3.10. The molecular formula is C8H11N3O3. The van der Waals surface area contributed by atoms with E-state index < -0.39 is 5.97 Å². The number of aromatic nitrogens is 2. The third-order valence-electron chi connectivity index (χ3n) is 1.56. The van der Waals surface area contributed by atoms with Crippen molar-refractivity contribution in [2.24, 2.45) is 0 Å². The smallest absolute Gasteiger partial charge is 0.339 e. The lowest BCUT2D eigenvalue weighted by molar-refractivity contribution is 0.0697. The minimum absolute atomic E-state index is 0.0544. The van der Waals surface area contributed by atoms with Crippen molar-refractivity contribution in [2.75, 3.05) is 19.0 Å². The molecule has 0 unspecified atom stereocenters. The topological polar surface area (TPSA) is 84.3 Å². The van der Waals surface area contributed by atoms with Crippen LogP contribution in [0.15, 0.2) is 6.07 Å². The summed E-state index contributed by atoms with van der Waals surface area (Å²) in [4.78, 5) is 10.8. The van der Waals surface area contributed by atoms with Crippen LogP contribution in [0.1, 0.15) is 17.3 Å². The molecule has 0 bridgehead atoms. The summed E-state index contributed by atoms with van der Waals surface area (Å²) in [5.41, 5.74) is 0.0544. The average Bonchev–Trinajstić information content (AvgIpc) is 2.18. The molecule has 6 heteroatoms. The van der Waals surface area contributed by atoms with Gasteiger partial charge >= 0.3 is 5.97 Å². The number of anilines is 1. The van der Waals surface area contributed by atoms with Gasteiger partial charge in [0.25, 0.3) is 0 Å². The van der Waals surface area contributed by atoms with Gasteiger partial charge in [0.15, 0.2) is 5.82 Å². The van der Waals surface area contributed by atoms with Gasteiger partial charge in [-0.25, -0.2) is 4.79 Å². The number of rotatable bonds is 4. The highest BCUT2D eigenvalue weighted by atomic mass is 16.5. The van der Waals surface area contributed by atoms with E-state index in [-0.39, 0.29) is 17.3 Å². The molecule has 1 rings (SSSR count). The van der Waals surface area contributed by atoms with Gasteiger partial charge in [-0.1, -0.05) is 0 Å². The highest BCUT2D eigenvalue weighted by Crippen LogP contribution is 2.15. The number of nitrogens with zero attached hydrogens (tertiary/aromatic N) is 2. The largest absolute Gasteiger partial charge is 0.480 e. The van der Waals surface area contributed by atoms with E-state index in [1.807, 2.05) is 6.92 Å². The number of carboxylic acid groups (broad SMARTS) is 1. The first-order chi connectivity index (χ1) is 6.69. The maximum absolute atomic E-state index is 10.8. The van der Waals surface area contributed by atoms with Crippen LogP contribution in [-0.2, 0) is 0 Å². The van der Waals surface area contributed by atoms with E-state index in [9.17, 15) is 4.79 Å². The second-order valence-corrected chi connectivity index (χ2v) is 2.48. The van der Waals surface area contributed by atoms with Crippen LogP contribution in [-0.4, -0.2) is 34.9 Å². The van der Waals surface area contributed by atoms with Gasteiger partial charge in [-0.2, -0.15) is 0 Å². The molecule has 0 radical (unpaired) electrons. The number of methoxy groups -OCH3 is 1. The zero-order valence-corrected chi connectivity index (χ0v) is 7.94. The Morgan fingerprint density at radius 1 is 1.64 bits per heavy atom. The molecular weight excluding hydrogens is 186 g/mol. The van der Waals surface area contributed by atoms with Crippen molar-refractivity contribution >= 4 is 11.8 Å². The van der Waals surface area contributed by atoms with Gasteiger partial charge in [0.05, 0.1) is 7.11 Å². The van der Waals surface area contributed by atoms with E-state index in [0.29, 0.717) is 6.54 Å². The lowest BCUT2D eigenvalue weighted by Crippen LogP contribution is -2.09. The number of ether oxygens (including phenoxy) is 1. The van der Waals surface area contributed by atoms with Crippen LogP contribution in [0.4, 0.5) is 5.82 Å². The van der Waals surface area contributed by atoms with Crippen molar-refractivity contribution in [2.45, 2.75) is 6.92 Å². The molecule has 76 valence electrons. The van der Waals surface area contributed by atoms with E-state index >= 15 is 0 Å². The number of hydrogen-bond acceptors (Lipinski definition) is 5. The van der Waals surface area contributed by atoms with Crippen LogP contribution < -0.4 is 10.1 Å². The van der Waals surface area contributed by atoms with E-state index in [1.54, 1.807) is 0 Å². The summed E-state index contributed by atoms with van der Waals surface area (Å²) < 4.78 is 4.77. The maximum atomic E-state index is 10.8. The highest BCUT2D eigenvalue weighted by molar-refractivity contribution is 5.93. The Morgan fingerprint density at radius 3 is 2.86 bits per heavy atom. The molecule has 2 N–H and O–H groups in total. The Labute approximate surface area is 80.9 Å². The van der Waals surface area contributed by atoms with Crippen molar-refractivity contribution in [3.8, 4) is 5.88 Å². The quantitative estimate of drug-likeness (QED) is 0.735. The van der Waals surface area contributed by atoms with Gasteiger partial charge in [0.2, 0.25) is 5.88 Å². The molecule has 0 amide bonds. The van der Waals surface area contributed by atoms with Crippen molar-refractivity contribution in [3.05, 3.63) is 11.6 Å². The first-order valence-corrected chi connectivity index (χ1v) is 4.08. The lowest BCUT2D eigenvalue weighted by Gasteiger charge is -2.06. The van der Waals surface area contributed by atoms with Gasteiger partial charge in [-0.3, -0.25) is 0 Å². The summed E-state index contributed by atoms with van der Waals surface area (Å²) in [6.07, 6.45) is 0. The summed E-state index contributed by atoms with van der Waals surface area (Å²) in [6, 6.07) is 1.33. The normalized spacial score (nSPS) is 9.57. The highest BCUT2D eigenvalue weighted by Gasteiger charge is 2.13. The zero-order valence-electron chi connectivity index (χ0n) is 7.94. The molecule has 0 aliphatic carbocycles. The van der Waals surface area contributed by atoms with Crippen LogP contribution in [0, 0.1) is 0 Å². The van der Waals surface area contributed by atoms with Crippen LogP contribution in [0.3, 0.4) is 0 Å². The molecule has 0 saturated carbocycles. The van der Waals surface area contributed by atoms with E-state index in [2.05, 4.69) is 15.5 Å². The van der Waals surface area contributed by atoms with Crippen LogP contribution >= 0.6 is 0 Å². The van der Waals surface area contributed by atoms with Crippen LogP contribution in [0.5, 0.6) is 5.88 Å². The second-order valence-electron chi connectivity index (χ2n) is 2.48. The summed E-state index contributed by atoms with van der Waals surface area (Å²) in [6.45, 7) is 2.43. The summed E-state index contributed by atoms with van der Waals surface area (Å²) in [7, 11) is 1.41. The molecule has 0 saturated heterocycles. The minimum Gasteiger partial charge on any atom is -0.480 e. The predicted octanol–water partition coefficient (Wildman–Crippen LogP) is 0.615. The SMILES string of the molecule is CCNc1nnc(OC)cc1C(=O)O. The standard InChI is InChI=1S/C8H11N3O3/c1-3-9-7-5(8(12)13)4-6(14-2)10-11-7/h4H,3H2,1-2H3,(H,9,11)(H,12,13). The first-order valence-electron chi connectivity index (χ1n) is 4.08. The molecule has 0 aliphatic heterocycles. The van der Waals surface area contributed by atoms with Crippen LogP contribution in [0.25, 0.3) is 0 Å². The Morgan fingerprint density at radius 2 is 2.36 bits per heavy atom. The van der Waals surface area contributed by atoms with E-state index in [0.717, 1.165) is 0 Å². The molecule has 6 nitrogen and oxygen atoms in total. The fourth-order valence-electron chi connectivity index (χ4n) is 0.935. The van der Waals surface area contributed by atoms with Crippen molar-refractivity contribution < 1.29 is 14.6 Å². The van der Waals surface area contributed by atoms with Gasteiger partial charge in [0, 0.05) is 12.6 Å². The molecule has 0 aliphatic rings. The molecule has 1 heterocycles. The molecule has 0 spiro atoms. The number of aromatic carboxylic acids is 1. The molecule has 0 aromatic carbocycles. The minimum atomic E-state index is -1.06. The number of nitrogens with one attached hydrogen (secondary N) is 1. The fourth-order valence-corrected chi connectivity index (χ4v) is 0.935. The fraction of sp³-hybridized carbons (Fsp3) is 0.375. The summed E-state index contributed by atoms with van der Waals surface area (Å²) in [5, 5.41) is 19.0. The molecule has 1 aromatic rings.